The van der Waals surface area contributed by atoms with Gasteiger partial charge < -0.3 is 14.2 Å². The SMILES string of the molecule is CCCCC/C=C\C/C=C\CCCCCCCCCC(=O)OC(COC(=O)CCCCCCCCCCC/C=C\CCCCCCCCCC)COC(=O)CCCCCCCCCCCCCCCCCC. The molecule has 0 heterocycles. The Morgan fingerprint density at radius 3 is 0.806 bits per heavy atom. The second-order valence-corrected chi connectivity index (χ2v) is 21.7. The molecule has 0 aliphatic heterocycles. The minimum absolute atomic E-state index is 0.0717. The lowest BCUT2D eigenvalue weighted by Gasteiger charge is -2.18. The number of ether oxygens (including phenoxy) is 3. The molecule has 0 aliphatic carbocycles. The molecule has 0 aromatic heterocycles. The van der Waals surface area contributed by atoms with Crippen LogP contribution in [0, 0.1) is 0 Å². The Bertz CT molecular complexity index is 1210. The molecular weight excluding hydrogens is 889 g/mol. The van der Waals surface area contributed by atoms with Crippen molar-refractivity contribution in [1.29, 1.82) is 0 Å². The number of rotatable bonds is 59. The minimum Gasteiger partial charge on any atom is -0.462 e. The van der Waals surface area contributed by atoms with Crippen LogP contribution in [0.5, 0.6) is 0 Å². The van der Waals surface area contributed by atoms with E-state index in [-0.39, 0.29) is 31.1 Å². The predicted octanol–water partition coefficient (Wildman–Crippen LogP) is 21.6. The third-order valence-corrected chi connectivity index (χ3v) is 14.4. The van der Waals surface area contributed by atoms with Crippen molar-refractivity contribution in [2.75, 3.05) is 13.2 Å². The molecule has 1 unspecified atom stereocenters. The van der Waals surface area contributed by atoms with Gasteiger partial charge in [-0.15, -0.1) is 0 Å². The zero-order valence-electron chi connectivity index (χ0n) is 48.5. The van der Waals surface area contributed by atoms with Gasteiger partial charge >= 0.3 is 17.9 Å². The normalized spacial score (nSPS) is 12.2. The summed E-state index contributed by atoms with van der Waals surface area (Å²) in [5.74, 6) is -0.858. The van der Waals surface area contributed by atoms with Gasteiger partial charge in [-0.1, -0.05) is 288 Å². The lowest BCUT2D eigenvalue weighted by atomic mass is 10.0. The largest absolute Gasteiger partial charge is 0.462 e. The molecule has 0 rings (SSSR count). The van der Waals surface area contributed by atoms with Crippen LogP contribution in [0.3, 0.4) is 0 Å². The van der Waals surface area contributed by atoms with Gasteiger partial charge in [0.05, 0.1) is 0 Å². The highest BCUT2D eigenvalue weighted by atomic mass is 16.6. The first-order chi connectivity index (χ1) is 35.5. The van der Waals surface area contributed by atoms with Crippen LogP contribution < -0.4 is 0 Å². The smallest absolute Gasteiger partial charge is 0.306 e. The van der Waals surface area contributed by atoms with Crippen molar-refractivity contribution in [3.05, 3.63) is 36.5 Å². The summed E-state index contributed by atoms with van der Waals surface area (Å²) in [6.45, 7) is 6.67. The van der Waals surface area contributed by atoms with E-state index in [9.17, 15) is 14.4 Å². The molecule has 0 aromatic carbocycles. The maximum atomic E-state index is 12.9. The average Bonchev–Trinajstić information content (AvgIpc) is 3.38. The van der Waals surface area contributed by atoms with Gasteiger partial charge in [0.1, 0.15) is 13.2 Å². The van der Waals surface area contributed by atoms with Crippen LogP contribution in [0.1, 0.15) is 348 Å². The maximum absolute atomic E-state index is 12.9. The third kappa shape index (κ3) is 58.5. The lowest BCUT2D eigenvalue weighted by Crippen LogP contribution is -2.30. The van der Waals surface area contributed by atoms with E-state index < -0.39 is 6.10 Å². The van der Waals surface area contributed by atoms with E-state index in [1.807, 2.05) is 0 Å². The molecule has 0 aromatic rings. The molecule has 0 radical (unpaired) electrons. The first kappa shape index (κ1) is 69.6. The number of hydrogen-bond acceptors (Lipinski definition) is 6. The third-order valence-electron chi connectivity index (χ3n) is 14.4. The zero-order chi connectivity index (χ0) is 52.2. The Balaban J connectivity index is 4.33. The molecule has 0 amide bonds. The summed E-state index contributed by atoms with van der Waals surface area (Å²) in [5, 5.41) is 0. The van der Waals surface area contributed by atoms with Crippen LogP contribution in [0.25, 0.3) is 0 Å². The van der Waals surface area contributed by atoms with Crippen LogP contribution in [-0.2, 0) is 28.6 Å². The van der Waals surface area contributed by atoms with E-state index in [0.29, 0.717) is 19.3 Å². The molecule has 6 nitrogen and oxygen atoms in total. The average molecular weight is 1010 g/mol. The first-order valence-corrected chi connectivity index (χ1v) is 32.0. The molecule has 0 saturated heterocycles. The summed E-state index contributed by atoms with van der Waals surface area (Å²) in [7, 11) is 0. The Labute approximate surface area is 448 Å². The zero-order valence-corrected chi connectivity index (χ0v) is 48.5. The van der Waals surface area contributed by atoms with Crippen molar-refractivity contribution in [2.24, 2.45) is 0 Å². The van der Waals surface area contributed by atoms with E-state index in [2.05, 4.69) is 57.2 Å². The van der Waals surface area contributed by atoms with E-state index >= 15 is 0 Å². The van der Waals surface area contributed by atoms with Gasteiger partial charge in [0.15, 0.2) is 6.10 Å². The van der Waals surface area contributed by atoms with Crippen molar-refractivity contribution >= 4 is 17.9 Å². The van der Waals surface area contributed by atoms with Gasteiger partial charge in [-0.3, -0.25) is 14.4 Å². The van der Waals surface area contributed by atoms with Gasteiger partial charge in [0, 0.05) is 19.3 Å². The number of carbonyl (C=O) groups is 3. The summed E-state index contributed by atoms with van der Waals surface area (Å²) >= 11 is 0. The van der Waals surface area contributed by atoms with Crippen LogP contribution >= 0.6 is 0 Å². The molecule has 0 saturated carbocycles. The summed E-state index contributed by atoms with van der Waals surface area (Å²) in [5.41, 5.74) is 0. The fourth-order valence-electron chi connectivity index (χ4n) is 9.53. The Morgan fingerprint density at radius 2 is 0.500 bits per heavy atom. The van der Waals surface area contributed by atoms with E-state index in [0.717, 1.165) is 70.6 Å². The predicted molar refractivity (Wildman–Crippen MR) is 312 cm³/mol. The van der Waals surface area contributed by atoms with Crippen molar-refractivity contribution in [3.8, 4) is 0 Å². The van der Waals surface area contributed by atoms with E-state index in [1.54, 1.807) is 0 Å². The summed E-state index contributed by atoms with van der Waals surface area (Å²) in [4.78, 5) is 38.3. The minimum atomic E-state index is -0.775. The standard InChI is InChI=1S/C66H122O6/c1-4-7-10-13-16-19-22-25-28-31-32-33-34-36-38-41-44-47-50-53-56-59-65(68)71-62-63(61-70-64(67)58-55-52-49-46-43-40-37-30-27-24-21-18-15-12-9-6-3)72-66(69)60-57-54-51-48-45-42-39-35-29-26-23-20-17-14-11-8-5-2/h17,20,26,29,31-32,63H,4-16,18-19,21-25,27-28,30,33-62H2,1-3H3/b20-17-,29-26-,32-31-. The first-order valence-electron chi connectivity index (χ1n) is 32.0. The van der Waals surface area contributed by atoms with Crippen LogP contribution in [0.2, 0.25) is 0 Å². The number of allylic oxidation sites excluding steroid dienone is 6. The van der Waals surface area contributed by atoms with Crippen molar-refractivity contribution in [1.82, 2.24) is 0 Å². The van der Waals surface area contributed by atoms with Gasteiger partial charge in [-0.25, -0.2) is 0 Å². The molecule has 1 atom stereocenters. The number of unbranched alkanes of at least 4 members (excludes halogenated alkanes) is 42. The highest BCUT2D eigenvalue weighted by molar-refractivity contribution is 5.71. The quantitative estimate of drug-likeness (QED) is 0.0261. The monoisotopic (exact) mass is 1010 g/mol. The molecular formula is C66H122O6. The summed E-state index contributed by atoms with van der Waals surface area (Å²) in [6, 6.07) is 0. The summed E-state index contributed by atoms with van der Waals surface area (Å²) < 4.78 is 16.9. The molecule has 0 bridgehead atoms. The number of esters is 3. The summed E-state index contributed by atoms with van der Waals surface area (Å²) in [6.07, 6.45) is 74.3. The highest BCUT2D eigenvalue weighted by Gasteiger charge is 2.19. The molecule has 72 heavy (non-hydrogen) atoms. The second-order valence-electron chi connectivity index (χ2n) is 21.7. The number of hydrogen-bond donors (Lipinski definition) is 0. The Hall–Kier alpha value is -2.37. The van der Waals surface area contributed by atoms with Gasteiger partial charge in [-0.05, 0) is 77.0 Å². The fraction of sp³-hybridized carbons (Fsp3) is 0.864. The molecule has 422 valence electrons. The number of carbonyl (C=O) groups excluding carboxylic acids is 3. The van der Waals surface area contributed by atoms with E-state index in [1.165, 1.54) is 238 Å². The van der Waals surface area contributed by atoms with Crippen LogP contribution in [0.4, 0.5) is 0 Å². The van der Waals surface area contributed by atoms with Crippen LogP contribution in [-0.4, -0.2) is 37.2 Å². The molecule has 6 heteroatoms. The molecule has 0 aliphatic rings. The fourth-order valence-corrected chi connectivity index (χ4v) is 9.53. The van der Waals surface area contributed by atoms with Crippen molar-refractivity contribution in [2.45, 2.75) is 354 Å². The molecule has 0 N–H and O–H groups in total. The van der Waals surface area contributed by atoms with Gasteiger partial charge in [-0.2, -0.15) is 0 Å². The van der Waals surface area contributed by atoms with Crippen LogP contribution in [0.15, 0.2) is 36.5 Å². The van der Waals surface area contributed by atoms with E-state index in [4.69, 9.17) is 14.2 Å². The molecule has 0 spiro atoms. The van der Waals surface area contributed by atoms with Gasteiger partial charge in [0.25, 0.3) is 0 Å². The van der Waals surface area contributed by atoms with Gasteiger partial charge in [0.2, 0.25) is 0 Å². The molecule has 0 fully saturated rings. The maximum Gasteiger partial charge on any atom is 0.306 e. The second kappa shape index (κ2) is 61.2. The van der Waals surface area contributed by atoms with Crippen molar-refractivity contribution < 1.29 is 28.6 Å². The lowest BCUT2D eigenvalue weighted by molar-refractivity contribution is -0.167. The highest BCUT2D eigenvalue weighted by Crippen LogP contribution is 2.17. The Kier molecular flexibility index (Phi) is 59.2. The van der Waals surface area contributed by atoms with Crippen molar-refractivity contribution in [3.63, 3.8) is 0 Å². The Morgan fingerprint density at radius 1 is 0.278 bits per heavy atom. The topological polar surface area (TPSA) is 78.9 Å².